The Morgan fingerprint density at radius 3 is 2.59 bits per heavy atom. The van der Waals surface area contributed by atoms with Gasteiger partial charge in [-0.1, -0.05) is 17.8 Å². The SMILES string of the molecule is NC1SC=C(C(F)(F)F)N1c1cccc(F)c1. The summed E-state index contributed by atoms with van der Waals surface area (Å²) in [6.07, 6.45) is -4.51. The van der Waals surface area contributed by atoms with E-state index in [0.29, 0.717) is 0 Å². The van der Waals surface area contributed by atoms with E-state index in [-0.39, 0.29) is 5.69 Å². The van der Waals surface area contributed by atoms with Gasteiger partial charge < -0.3 is 10.6 Å². The lowest BCUT2D eigenvalue weighted by Crippen LogP contribution is -2.39. The Balaban J connectivity index is 2.39. The van der Waals surface area contributed by atoms with Gasteiger partial charge in [0.1, 0.15) is 17.0 Å². The molecule has 0 bridgehead atoms. The number of hydrogen-bond donors (Lipinski definition) is 1. The maximum absolute atomic E-state index is 13.0. The second kappa shape index (κ2) is 4.23. The summed E-state index contributed by atoms with van der Waals surface area (Å²) in [7, 11) is 0. The van der Waals surface area contributed by atoms with E-state index in [2.05, 4.69) is 0 Å². The Labute approximate surface area is 99.1 Å². The molecule has 0 saturated carbocycles. The van der Waals surface area contributed by atoms with Crippen molar-refractivity contribution < 1.29 is 17.6 Å². The van der Waals surface area contributed by atoms with Gasteiger partial charge >= 0.3 is 6.18 Å². The highest BCUT2D eigenvalue weighted by Crippen LogP contribution is 2.41. The lowest BCUT2D eigenvalue weighted by molar-refractivity contribution is -0.0929. The van der Waals surface area contributed by atoms with Crippen molar-refractivity contribution in [3.8, 4) is 0 Å². The first-order valence-corrected chi connectivity index (χ1v) is 5.57. The molecule has 0 aromatic heterocycles. The summed E-state index contributed by atoms with van der Waals surface area (Å²) in [6.45, 7) is 0. The van der Waals surface area contributed by atoms with Crippen LogP contribution in [0.25, 0.3) is 0 Å². The van der Waals surface area contributed by atoms with Crippen LogP contribution >= 0.6 is 11.8 Å². The molecule has 1 atom stereocenters. The molecular formula is C10H8F4N2S. The van der Waals surface area contributed by atoms with Crippen molar-refractivity contribution >= 4 is 17.4 Å². The minimum absolute atomic E-state index is 0.0890. The number of hydrogen-bond acceptors (Lipinski definition) is 3. The number of nitrogens with two attached hydrogens (primary N) is 1. The summed E-state index contributed by atoms with van der Waals surface area (Å²) >= 11 is 0.840. The predicted molar refractivity (Wildman–Crippen MR) is 58.6 cm³/mol. The van der Waals surface area contributed by atoms with Crippen molar-refractivity contribution in [2.45, 2.75) is 11.7 Å². The van der Waals surface area contributed by atoms with Crippen molar-refractivity contribution in [1.29, 1.82) is 0 Å². The third-order valence-electron chi connectivity index (χ3n) is 2.21. The summed E-state index contributed by atoms with van der Waals surface area (Å²) in [5.74, 6) is -0.604. The van der Waals surface area contributed by atoms with Crippen LogP contribution in [0.15, 0.2) is 35.4 Å². The van der Waals surface area contributed by atoms with Gasteiger partial charge in [0.25, 0.3) is 0 Å². The fourth-order valence-corrected chi connectivity index (χ4v) is 2.38. The molecule has 1 unspecified atom stereocenters. The molecule has 7 heteroatoms. The van der Waals surface area contributed by atoms with Gasteiger partial charge in [0.15, 0.2) is 0 Å². The van der Waals surface area contributed by atoms with Gasteiger partial charge in [0.2, 0.25) is 0 Å². The quantitative estimate of drug-likeness (QED) is 0.790. The number of anilines is 1. The van der Waals surface area contributed by atoms with Crippen molar-refractivity contribution in [2.75, 3.05) is 4.90 Å². The molecule has 0 aliphatic carbocycles. The molecule has 2 nitrogen and oxygen atoms in total. The summed E-state index contributed by atoms with van der Waals surface area (Å²) in [6, 6.07) is 4.91. The molecule has 0 spiro atoms. The van der Waals surface area contributed by atoms with Crippen molar-refractivity contribution in [1.82, 2.24) is 0 Å². The second-order valence-electron chi connectivity index (χ2n) is 3.38. The highest BCUT2D eigenvalue weighted by Gasteiger charge is 2.43. The van der Waals surface area contributed by atoms with E-state index in [1.165, 1.54) is 12.1 Å². The number of alkyl halides is 3. The average molecular weight is 264 g/mol. The molecular weight excluding hydrogens is 256 g/mol. The molecule has 0 amide bonds. The fraction of sp³-hybridized carbons (Fsp3) is 0.200. The molecule has 1 aromatic carbocycles. The highest BCUT2D eigenvalue weighted by atomic mass is 32.2. The van der Waals surface area contributed by atoms with Gasteiger partial charge in [-0.2, -0.15) is 13.2 Å². The first-order valence-electron chi connectivity index (χ1n) is 4.63. The molecule has 1 aliphatic heterocycles. The highest BCUT2D eigenvalue weighted by molar-refractivity contribution is 8.03. The Bertz CT molecular complexity index is 458. The fourth-order valence-electron chi connectivity index (χ4n) is 1.50. The zero-order chi connectivity index (χ0) is 12.6. The Morgan fingerprint density at radius 2 is 2.00 bits per heavy atom. The molecule has 17 heavy (non-hydrogen) atoms. The number of halogens is 4. The Hall–Kier alpha value is -1.21. The van der Waals surface area contributed by atoms with Crippen LogP contribution < -0.4 is 10.6 Å². The zero-order valence-electron chi connectivity index (χ0n) is 8.41. The van der Waals surface area contributed by atoms with Gasteiger partial charge in [-0.25, -0.2) is 4.39 Å². The minimum Gasteiger partial charge on any atom is -0.311 e. The van der Waals surface area contributed by atoms with E-state index >= 15 is 0 Å². The zero-order valence-corrected chi connectivity index (χ0v) is 9.23. The summed E-state index contributed by atoms with van der Waals surface area (Å²) in [5, 5.41) is 0.940. The third-order valence-corrected chi connectivity index (χ3v) is 3.06. The number of nitrogens with zero attached hydrogens (tertiary/aromatic N) is 1. The number of rotatable bonds is 1. The van der Waals surface area contributed by atoms with Crippen LogP contribution in [-0.4, -0.2) is 11.7 Å². The van der Waals surface area contributed by atoms with E-state index in [9.17, 15) is 17.6 Å². The predicted octanol–water partition coefficient (Wildman–Crippen LogP) is 3.02. The molecule has 0 saturated heterocycles. The molecule has 92 valence electrons. The van der Waals surface area contributed by atoms with Crippen molar-refractivity contribution in [3.05, 3.63) is 41.2 Å². The average Bonchev–Trinajstić information content (AvgIpc) is 2.59. The lowest BCUT2D eigenvalue weighted by Gasteiger charge is -2.27. The van der Waals surface area contributed by atoms with Crippen molar-refractivity contribution in [3.63, 3.8) is 0 Å². The van der Waals surface area contributed by atoms with E-state index in [0.717, 1.165) is 34.2 Å². The van der Waals surface area contributed by atoms with Crippen LogP contribution in [0.5, 0.6) is 0 Å². The third kappa shape index (κ3) is 2.39. The van der Waals surface area contributed by atoms with E-state index in [1.54, 1.807) is 0 Å². The standard InChI is InChI=1S/C10H8F4N2S/c11-6-2-1-3-7(4-6)16-8(10(12,13)14)5-17-9(16)15/h1-5,9H,15H2. The second-order valence-corrected chi connectivity index (χ2v) is 4.37. The van der Waals surface area contributed by atoms with Crippen LogP contribution in [0.2, 0.25) is 0 Å². The first kappa shape index (κ1) is 12.3. The number of allylic oxidation sites excluding steroid dienone is 1. The van der Waals surface area contributed by atoms with Gasteiger partial charge in [-0.05, 0) is 18.2 Å². The number of thioether (sulfide) groups is 1. The van der Waals surface area contributed by atoms with E-state index < -0.39 is 23.2 Å². The lowest BCUT2D eigenvalue weighted by atomic mass is 10.2. The van der Waals surface area contributed by atoms with Gasteiger partial charge in [-0.3, -0.25) is 0 Å². The molecule has 2 rings (SSSR count). The maximum atomic E-state index is 13.0. The van der Waals surface area contributed by atoms with Gasteiger partial charge in [0, 0.05) is 11.1 Å². The smallest absolute Gasteiger partial charge is 0.311 e. The van der Waals surface area contributed by atoms with Crippen LogP contribution in [0, 0.1) is 5.82 Å². The summed E-state index contributed by atoms with van der Waals surface area (Å²) in [4.78, 5) is 0.869. The monoisotopic (exact) mass is 264 g/mol. The molecule has 1 aromatic rings. The van der Waals surface area contributed by atoms with Crippen LogP contribution in [0.3, 0.4) is 0 Å². The normalized spacial score (nSPS) is 20.6. The molecule has 2 N–H and O–H groups in total. The van der Waals surface area contributed by atoms with Gasteiger partial charge in [-0.15, -0.1) is 0 Å². The molecule has 1 heterocycles. The van der Waals surface area contributed by atoms with Crippen LogP contribution in [0.1, 0.15) is 0 Å². The van der Waals surface area contributed by atoms with Crippen molar-refractivity contribution in [2.24, 2.45) is 5.73 Å². The van der Waals surface area contributed by atoms with Crippen LogP contribution in [0.4, 0.5) is 23.2 Å². The Morgan fingerprint density at radius 1 is 1.29 bits per heavy atom. The Kier molecular flexibility index (Phi) is 3.05. The number of benzene rings is 1. The maximum Gasteiger partial charge on any atom is 0.432 e. The first-order chi connectivity index (χ1) is 7.89. The molecule has 0 radical (unpaired) electrons. The van der Waals surface area contributed by atoms with E-state index in [1.807, 2.05) is 0 Å². The van der Waals surface area contributed by atoms with Crippen LogP contribution in [-0.2, 0) is 0 Å². The topological polar surface area (TPSA) is 29.3 Å². The molecule has 1 aliphatic rings. The summed E-state index contributed by atoms with van der Waals surface area (Å²) < 4.78 is 51.1. The largest absolute Gasteiger partial charge is 0.432 e. The molecule has 0 fully saturated rings. The summed E-state index contributed by atoms with van der Waals surface area (Å²) in [5.41, 5.74) is 3.88. The van der Waals surface area contributed by atoms with E-state index in [4.69, 9.17) is 5.73 Å². The van der Waals surface area contributed by atoms with Gasteiger partial charge in [0.05, 0.1) is 0 Å². The minimum atomic E-state index is -4.51.